The van der Waals surface area contributed by atoms with E-state index in [-0.39, 0.29) is 5.82 Å². The summed E-state index contributed by atoms with van der Waals surface area (Å²) in [6, 6.07) is 7.41. The fourth-order valence-corrected chi connectivity index (χ4v) is 2.78. The van der Waals surface area contributed by atoms with Crippen LogP contribution in [0.2, 0.25) is 0 Å². The summed E-state index contributed by atoms with van der Waals surface area (Å²) in [5.41, 5.74) is 1.22. The van der Waals surface area contributed by atoms with Crippen molar-refractivity contribution in [3.63, 3.8) is 0 Å². The SMILES string of the molecule is CCCCCCCCCCC(Cc1ccc(F)cc1)NC. The zero-order chi connectivity index (χ0) is 15.3. The van der Waals surface area contributed by atoms with E-state index in [1.54, 1.807) is 12.1 Å². The van der Waals surface area contributed by atoms with Gasteiger partial charge in [0.1, 0.15) is 5.82 Å². The highest BCUT2D eigenvalue weighted by molar-refractivity contribution is 5.17. The van der Waals surface area contributed by atoms with Crippen LogP contribution in [0.15, 0.2) is 24.3 Å². The lowest BCUT2D eigenvalue weighted by Gasteiger charge is -2.16. The molecule has 1 nitrogen and oxygen atoms in total. The summed E-state index contributed by atoms with van der Waals surface area (Å²) in [6.45, 7) is 2.26. The molecule has 1 rings (SSSR count). The van der Waals surface area contributed by atoms with Crippen molar-refractivity contribution < 1.29 is 4.39 Å². The van der Waals surface area contributed by atoms with E-state index in [9.17, 15) is 4.39 Å². The molecule has 1 atom stereocenters. The molecule has 0 spiro atoms. The van der Waals surface area contributed by atoms with E-state index >= 15 is 0 Å². The van der Waals surface area contributed by atoms with Crippen LogP contribution in [0.25, 0.3) is 0 Å². The van der Waals surface area contributed by atoms with Crippen LogP contribution in [0.4, 0.5) is 4.39 Å². The number of hydrogen-bond acceptors (Lipinski definition) is 1. The molecule has 0 saturated carbocycles. The molecule has 0 amide bonds. The lowest BCUT2D eigenvalue weighted by molar-refractivity contribution is 0.477. The summed E-state index contributed by atoms with van der Waals surface area (Å²) in [6.07, 6.45) is 13.1. The van der Waals surface area contributed by atoms with E-state index in [1.165, 1.54) is 63.4 Å². The molecule has 0 aromatic heterocycles. The predicted octanol–water partition coefficient (Wildman–Crippen LogP) is 5.49. The Labute approximate surface area is 130 Å². The third kappa shape index (κ3) is 8.87. The average molecular weight is 293 g/mol. The first kappa shape index (κ1) is 18.2. The van der Waals surface area contributed by atoms with E-state index in [1.807, 2.05) is 19.2 Å². The summed E-state index contributed by atoms with van der Waals surface area (Å²) >= 11 is 0. The molecule has 0 fully saturated rings. The molecular formula is C19H32FN. The van der Waals surface area contributed by atoms with Gasteiger partial charge in [0.2, 0.25) is 0 Å². The van der Waals surface area contributed by atoms with Crippen molar-refractivity contribution >= 4 is 0 Å². The largest absolute Gasteiger partial charge is 0.317 e. The summed E-state index contributed by atoms with van der Waals surface area (Å²) in [7, 11) is 2.03. The van der Waals surface area contributed by atoms with E-state index in [0.717, 1.165) is 6.42 Å². The van der Waals surface area contributed by atoms with Crippen molar-refractivity contribution in [3.8, 4) is 0 Å². The Morgan fingerprint density at radius 2 is 1.48 bits per heavy atom. The van der Waals surface area contributed by atoms with E-state index < -0.39 is 0 Å². The Bertz CT molecular complexity index is 347. The third-order valence-corrected chi connectivity index (χ3v) is 4.21. The second-order valence-corrected chi connectivity index (χ2v) is 6.08. The highest BCUT2D eigenvalue weighted by Gasteiger charge is 2.07. The van der Waals surface area contributed by atoms with Gasteiger partial charge in [-0.05, 0) is 37.6 Å². The van der Waals surface area contributed by atoms with Crippen LogP contribution in [0, 0.1) is 5.82 Å². The van der Waals surface area contributed by atoms with Crippen molar-refractivity contribution in [1.82, 2.24) is 5.32 Å². The number of halogens is 1. The van der Waals surface area contributed by atoms with E-state index in [2.05, 4.69) is 12.2 Å². The summed E-state index contributed by atoms with van der Waals surface area (Å²) in [5, 5.41) is 3.39. The van der Waals surface area contributed by atoms with Crippen LogP contribution in [0.1, 0.15) is 70.3 Å². The molecule has 1 unspecified atom stereocenters. The van der Waals surface area contributed by atoms with Gasteiger partial charge in [-0.25, -0.2) is 4.39 Å². The number of hydrogen-bond donors (Lipinski definition) is 1. The van der Waals surface area contributed by atoms with Crippen LogP contribution >= 0.6 is 0 Å². The molecule has 0 heterocycles. The van der Waals surface area contributed by atoms with Crippen LogP contribution < -0.4 is 5.32 Å². The standard InChI is InChI=1S/C19H32FN/c1-3-4-5-6-7-8-9-10-11-19(21-2)16-17-12-14-18(20)15-13-17/h12-15,19,21H,3-11,16H2,1-2H3. The minimum absolute atomic E-state index is 0.150. The van der Waals surface area contributed by atoms with Crippen molar-refractivity contribution in [3.05, 3.63) is 35.6 Å². The van der Waals surface area contributed by atoms with Gasteiger partial charge in [-0.2, -0.15) is 0 Å². The van der Waals surface area contributed by atoms with Gasteiger partial charge in [0.05, 0.1) is 0 Å². The number of rotatable bonds is 12. The zero-order valence-electron chi connectivity index (χ0n) is 13.8. The molecule has 1 aromatic carbocycles. The van der Waals surface area contributed by atoms with Gasteiger partial charge in [0.25, 0.3) is 0 Å². The summed E-state index contributed by atoms with van der Waals surface area (Å²) < 4.78 is 12.9. The quantitative estimate of drug-likeness (QED) is 0.503. The first-order chi connectivity index (χ1) is 10.3. The van der Waals surface area contributed by atoms with Crippen molar-refractivity contribution in [2.45, 2.75) is 77.2 Å². The van der Waals surface area contributed by atoms with Gasteiger partial charge < -0.3 is 5.32 Å². The minimum Gasteiger partial charge on any atom is -0.317 e. The Morgan fingerprint density at radius 1 is 0.905 bits per heavy atom. The number of likely N-dealkylation sites (N-methyl/N-ethyl adjacent to an activating group) is 1. The van der Waals surface area contributed by atoms with Crippen LogP contribution in [-0.4, -0.2) is 13.1 Å². The van der Waals surface area contributed by atoms with E-state index in [4.69, 9.17) is 0 Å². The second kappa shape index (κ2) is 11.7. The summed E-state index contributed by atoms with van der Waals surface area (Å²) in [4.78, 5) is 0. The van der Waals surface area contributed by atoms with Crippen LogP contribution in [0.3, 0.4) is 0 Å². The molecular weight excluding hydrogens is 261 g/mol. The van der Waals surface area contributed by atoms with Crippen LogP contribution in [0.5, 0.6) is 0 Å². The average Bonchev–Trinajstić information content (AvgIpc) is 2.50. The lowest BCUT2D eigenvalue weighted by Crippen LogP contribution is -2.27. The smallest absolute Gasteiger partial charge is 0.123 e. The van der Waals surface area contributed by atoms with Crippen molar-refractivity contribution in [2.75, 3.05) is 7.05 Å². The molecule has 0 saturated heterocycles. The molecule has 0 radical (unpaired) electrons. The highest BCUT2D eigenvalue weighted by atomic mass is 19.1. The molecule has 0 aliphatic carbocycles. The Hall–Kier alpha value is -0.890. The first-order valence-corrected chi connectivity index (χ1v) is 8.68. The lowest BCUT2D eigenvalue weighted by atomic mass is 9.99. The fraction of sp³-hybridized carbons (Fsp3) is 0.684. The molecule has 0 bridgehead atoms. The minimum atomic E-state index is -0.150. The maximum atomic E-state index is 12.9. The maximum Gasteiger partial charge on any atom is 0.123 e. The Kier molecular flexibility index (Phi) is 10.1. The van der Waals surface area contributed by atoms with Gasteiger partial charge in [-0.3, -0.25) is 0 Å². The molecule has 120 valence electrons. The number of nitrogens with one attached hydrogen (secondary N) is 1. The fourth-order valence-electron chi connectivity index (χ4n) is 2.78. The first-order valence-electron chi connectivity index (χ1n) is 8.68. The predicted molar refractivity (Wildman–Crippen MR) is 90.2 cm³/mol. The molecule has 2 heteroatoms. The normalized spacial score (nSPS) is 12.5. The van der Waals surface area contributed by atoms with Gasteiger partial charge in [-0.1, -0.05) is 70.4 Å². The second-order valence-electron chi connectivity index (χ2n) is 6.08. The molecule has 1 aromatic rings. The Balaban J connectivity index is 2.09. The third-order valence-electron chi connectivity index (χ3n) is 4.21. The molecule has 0 aliphatic heterocycles. The van der Waals surface area contributed by atoms with E-state index in [0.29, 0.717) is 6.04 Å². The van der Waals surface area contributed by atoms with Gasteiger partial charge in [0.15, 0.2) is 0 Å². The zero-order valence-corrected chi connectivity index (χ0v) is 13.8. The van der Waals surface area contributed by atoms with Crippen LogP contribution in [-0.2, 0) is 6.42 Å². The van der Waals surface area contributed by atoms with Gasteiger partial charge in [-0.15, -0.1) is 0 Å². The highest BCUT2D eigenvalue weighted by Crippen LogP contribution is 2.13. The van der Waals surface area contributed by atoms with Gasteiger partial charge in [0, 0.05) is 6.04 Å². The molecule has 21 heavy (non-hydrogen) atoms. The van der Waals surface area contributed by atoms with Gasteiger partial charge >= 0.3 is 0 Å². The number of unbranched alkanes of at least 4 members (excludes halogenated alkanes) is 7. The topological polar surface area (TPSA) is 12.0 Å². The van der Waals surface area contributed by atoms with Crippen molar-refractivity contribution in [2.24, 2.45) is 0 Å². The van der Waals surface area contributed by atoms with Crippen molar-refractivity contribution in [1.29, 1.82) is 0 Å². The monoisotopic (exact) mass is 293 g/mol. The number of benzene rings is 1. The molecule has 1 N–H and O–H groups in total. The Morgan fingerprint density at radius 3 is 2.05 bits per heavy atom. The molecule has 0 aliphatic rings. The maximum absolute atomic E-state index is 12.9. The summed E-state index contributed by atoms with van der Waals surface area (Å²) in [5.74, 6) is -0.150.